The molecule has 2 heterocycles. The second-order valence-electron chi connectivity index (χ2n) is 5.35. The number of hydrogen-bond donors (Lipinski definition) is 0. The van der Waals surface area contributed by atoms with Crippen LogP contribution in [0.2, 0.25) is 0 Å². The molecule has 0 aromatic carbocycles. The molecule has 0 spiro atoms. The van der Waals surface area contributed by atoms with Crippen LogP contribution >= 0.6 is 11.8 Å². The molecule has 4 heteroatoms. The Bertz CT molecular complexity index is 297. The van der Waals surface area contributed by atoms with E-state index in [2.05, 4.69) is 6.92 Å². The molecule has 0 aliphatic carbocycles. The van der Waals surface area contributed by atoms with Crippen molar-refractivity contribution >= 4 is 23.6 Å². The second kappa shape index (κ2) is 6.60. The molecule has 3 nitrogen and oxygen atoms in total. The van der Waals surface area contributed by atoms with Crippen molar-refractivity contribution in [2.24, 2.45) is 11.8 Å². The van der Waals surface area contributed by atoms with Crippen molar-refractivity contribution in [3.63, 3.8) is 0 Å². The third-order valence-corrected chi connectivity index (χ3v) is 5.17. The van der Waals surface area contributed by atoms with E-state index in [1.807, 2.05) is 0 Å². The molecular weight excluding hydrogens is 246 g/mol. The number of unbranched alkanes of at least 4 members (excludes halogenated alkanes) is 5. The number of thioether (sulfide) groups is 1. The monoisotopic (exact) mass is 269 g/mol. The molecule has 0 saturated carbocycles. The van der Waals surface area contributed by atoms with Gasteiger partial charge in [-0.1, -0.05) is 39.0 Å². The summed E-state index contributed by atoms with van der Waals surface area (Å²) in [5, 5.41) is 0. The van der Waals surface area contributed by atoms with E-state index in [9.17, 15) is 9.59 Å². The molecule has 0 radical (unpaired) electrons. The van der Waals surface area contributed by atoms with Crippen LogP contribution in [0.1, 0.15) is 45.4 Å². The van der Waals surface area contributed by atoms with Gasteiger partial charge in [0.2, 0.25) is 11.8 Å². The van der Waals surface area contributed by atoms with Crippen LogP contribution in [0.15, 0.2) is 0 Å². The number of rotatable bonds is 7. The molecule has 2 aliphatic heterocycles. The maximum Gasteiger partial charge on any atom is 0.233 e. The van der Waals surface area contributed by atoms with E-state index >= 15 is 0 Å². The summed E-state index contributed by atoms with van der Waals surface area (Å²) < 4.78 is 0. The van der Waals surface area contributed by atoms with Crippen LogP contribution in [0.3, 0.4) is 0 Å². The topological polar surface area (TPSA) is 37.4 Å². The molecule has 102 valence electrons. The zero-order chi connectivity index (χ0) is 13.0. The lowest BCUT2D eigenvalue weighted by Crippen LogP contribution is -2.33. The quantitative estimate of drug-likeness (QED) is 0.527. The van der Waals surface area contributed by atoms with Gasteiger partial charge < -0.3 is 0 Å². The van der Waals surface area contributed by atoms with Gasteiger partial charge in [0.15, 0.2) is 0 Å². The van der Waals surface area contributed by atoms with Crippen LogP contribution < -0.4 is 0 Å². The molecule has 0 N–H and O–H groups in total. The fraction of sp³-hybridized carbons (Fsp3) is 0.857. The maximum atomic E-state index is 12.1. The highest BCUT2D eigenvalue weighted by molar-refractivity contribution is 7.99. The van der Waals surface area contributed by atoms with Crippen molar-refractivity contribution in [2.45, 2.75) is 45.4 Å². The molecule has 2 rings (SSSR count). The van der Waals surface area contributed by atoms with E-state index in [0.717, 1.165) is 24.3 Å². The minimum absolute atomic E-state index is 0.00240. The number of amides is 2. The summed E-state index contributed by atoms with van der Waals surface area (Å²) in [7, 11) is 0. The van der Waals surface area contributed by atoms with Crippen molar-refractivity contribution in [3.05, 3.63) is 0 Å². The summed E-state index contributed by atoms with van der Waals surface area (Å²) in [4.78, 5) is 25.6. The molecule has 18 heavy (non-hydrogen) atoms. The first-order chi connectivity index (χ1) is 8.75. The molecule has 0 aromatic rings. The summed E-state index contributed by atoms with van der Waals surface area (Å²) in [5.74, 6) is 1.90. The van der Waals surface area contributed by atoms with Gasteiger partial charge in [0, 0.05) is 18.1 Å². The largest absolute Gasteiger partial charge is 0.282 e. The van der Waals surface area contributed by atoms with Crippen LogP contribution in [0.5, 0.6) is 0 Å². The highest BCUT2D eigenvalue weighted by atomic mass is 32.2. The molecule has 2 saturated heterocycles. The maximum absolute atomic E-state index is 12.1. The summed E-state index contributed by atoms with van der Waals surface area (Å²) in [5.41, 5.74) is 0. The first-order valence-corrected chi connectivity index (χ1v) is 8.34. The molecule has 2 aliphatic rings. The molecule has 2 amide bonds. The normalized spacial score (nSPS) is 27.1. The summed E-state index contributed by atoms with van der Waals surface area (Å²) in [6.07, 6.45) is 7.18. The number of fused-ring (bicyclic) bond motifs is 1. The van der Waals surface area contributed by atoms with E-state index in [1.54, 1.807) is 11.8 Å². The number of nitrogens with zero attached hydrogens (tertiary/aromatic N) is 1. The zero-order valence-electron chi connectivity index (χ0n) is 11.2. The zero-order valence-corrected chi connectivity index (χ0v) is 12.0. The molecule has 2 fully saturated rings. The van der Waals surface area contributed by atoms with Gasteiger partial charge in [-0.05, 0) is 6.42 Å². The van der Waals surface area contributed by atoms with Crippen molar-refractivity contribution in [1.82, 2.24) is 4.90 Å². The summed E-state index contributed by atoms with van der Waals surface area (Å²) in [6.45, 7) is 2.86. The van der Waals surface area contributed by atoms with E-state index in [4.69, 9.17) is 0 Å². The third kappa shape index (κ3) is 2.90. The molecular formula is C14H23NO2S. The summed E-state index contributed by atoms with van der Waals surface area (Å²) >= 11 is 1.74. The van der Waals surface area contributed by atoms with Gasteiger partial charge >= 0.3 is 0 Å². The Morgan fingerprint density at radius 3 is 2.17 bits per heavy atom. The van der Waals surface area contributed by atoms with E-state index in [1.165, 1.54) is 30.6 Å². The number of likely N-dealkylation sites (tertiary alicyclic amines) is 1. The van der Waals surface area contributed by atoms with Crippen LogP contribution in [0, 0.1) is 11.8 Å². The van der Waals surface area contributed by atoms with Crippen LogP contribution in [-0.4, -0.2) is 34.8 Å². The Morgan fingerprint density at radius 1 is 1.00 bits per heavy atom. The van der Waals surface area contributed by atoms with Gasteiger partial charge in [0.05, 0.1) is 11.8 Å². The first-order valence-electron chi connectivity index (χ1n) is 7.18. The SMILES string of the molecule is CCCCCCCCN1C(=O)[C@H]2CSC[C@H]2C1=O. The predicted octanol–water partition coefficient (Wildman–Crippen LogP) is 2.69. The number of carbonyl (C=O) groups is 2. The van der Waals surface area contributed by atoms with Gasteiger partial charge in [-0.3, -0.25) is 14.5 Å². The van der Waals surface area contributed by atoms with Gasteiger partial charge in [0.1, 0.15) is 0 Å². The van der Waals surface area contributed by atoms with Crippen molar-refractivity contribution in [2.75, 3.05) is 18.1 Å². The minimum Gasteiger partial charge on any atom is -0.282 e. The van der Waals surface area contributed by atoms with Crippen LogP contribution in [0.4, 0.5) is 0 Å². The summed E-state index contributed by atoms with van der Waals surface area (Å²) in [6, 6.07) is 0. The average Bonchev–Trinajstić information content (AvgIpc) is 2.92. The Morgan fingerprint density at radius 2 is 1.56 bits per heavy atom. The molecule has 0 bridgehead atoms. The third-order valence-electron chi connectivity index (χ3n) is 3.98. The smallest absolute Gasteiger partial charge is 0.233 e. The Balaban J connectivity index is 1.70. The van der Waals surface area contributed by atoms with E-state index in [0.29, 0.717) is 6.54 Å². The molecule has 0 unspecified atom stereocenters. The fourth-order valence-electron chi connectivity index (χ4n) is 2.82. The molecule has 0 aromatic heterocycles. The van der Waals surface area contributed by atoms with Gasteiger partial charge in [0.25, 0.3) is 0 Å². The fourth-order valence-corrected chi connectivity index (χ4v) is 4.21. The Labute approximate surface area is 114 Å². The average molecular weight is 269 g/mol. The van der Waals surface area contributed by atoms with Crippen LogP contribution in [-0.2, 0) is 9.59 Å². The number of carbonyl (C=O) groups excluding carboxylic acids is 2. The standard InChI is InChI=1S/C14H23NO2S/c1-2-3-4-5-6-7-8-15-13(16)11-9-18-10-12(11)14(15)17/h11-12H,2-10H2,1H3/t11-,12+. The van der Waals surface area contributed by atoms with Gasteiger partial charge in [-0.25, -0.2) is 0 Å². The highest BCUT2D eigenvalue weighted by Crippen LogP contribution is 2.37. The highest BCUT2D eigenvalue weighted by Gasteiger charge is 2.49. The predicted molar refractivity (Wildman–Crippen MR) is 74.4 cm³/mol. The van der Waals surface area contributed by atoms with Crippen molar-refractivity contribution < 1.29 is 9.59 Å². The lowest BCUT2D eigenvalue weighted by Gasteiger charge is -2.15. The van der Waals surface area contributed by atoms with Crippen LogP contribution in [0.25, 0.3) is 0 Å². The van der Waals surface area contributed by atoms with Gasteiger partial charge in [-0.2, -0.15) is 11.8 Å². The van der Waals surface area contributed by atoms with E-state index in [-0.39, 0.29) is 23.7 Å². The van der Waals surface area contributed by atoms with Crippen molar-refractivity contribution in [3.8, 4) is 0 Å². The molecule has 2 atom stereocenters. The second-order valence-corrected chi connectivity index (χ2v) is 6.42. The first kappa shape index (κ1) is 13.9. The minimum atomic E-state index is 0.00240. The Kier molecular flexibility index (Phi) is 5.10. The lowest BCUT2D eigenvalue weighted by atomic mass is 10.00. The number of imide groups is 1. The van der Waals surface area contributed by atoms with E-state index < -0.39 is 0 Å². The van der Waals surface area contributed by atoms with Crippen molar-refractivity contribution in [1.29, 1.82) is 0 Å². The number of hydrogen-bond acceptors (Lipinski definition) is 3. The Hall–Kier alpha value is -0.510. The lowest BCUT2D eigenvalue weighted by molar-refractivity contribution is -0.139. The van der Waals surface area contributed by atoms with Gasteiger partial charge in [-0.15, -0.1) is 0 Å².